The fourth-order valence-electron chi connectivity index (χ4n) is 1.74. The molecule has 0 amide bonds. The third kappa shape index (κ3) is 2.39. The quantitative estimate of drug-likeness (QED) is 0.782. The van der Waals surface area contributed by atoms with E-state index in [1.807, 2.05) is 31.5 Å². The van der Waals surface area contributed by atoms with Crippen molar-refractivity contribution in [2.24, 2.45) is 7.05 Å². The molecule has 4 nitrogen and oxygen atoms in total. The van der Waals surface area contributed by atoms with Crippen molar-refractivity contribution >= 4 is 17.1 Å². The highest BCUT2D eigenvalue weighted by Gasteiger charge is 2.16. The predicted molar refractivity (Wildman–Crippen MR) is 66.9 cm³/mol. The molecule has 0 aromatic carbocycles. The number of nitrogens with zero attached hydrogens (tertiary/aromatic N) is 2. The minimum atomic E-state index is 0.0693. The van der Waals surface area contributed by atoms with Crippen LogP contribution in [0.5, 0.6) is 5.75 Å². The monoisotopic (exact) mass is 250 g/mol. The van der Waals surface area contributed by atoms with Crippen LogP contribution in [0.2, 0.25) is 0 Å². The minimum absolute atomic E-state index is 0.0693. The van der Waals surface area contributed by atoms with Crippen LogP contribution in [0.15, 0.2) is 17.5 Å². The summed E-state index contributed by atoms with van der Waals surface area (Å²) in [5.41, 5.74) is 1.84. The number of carbonyl (C=O) groups excluding carboxylic acids is 1. The van der Waals surface area contributed by atoms with Crippen LogP contribution in [-0.4, -0.2) is 22.7 Å². The van der Waals surface area contributed by atoms with Gasteiger partial charge in [0.05, 0.1) is 19.2 Å². The summed E-state index contributed by atoms with van der Waals surface area (Å²) in [5.74, 6) is 0.721. The summed E-state index contributed by atoms with van der Waals surface area (Å²) in [4.78, 5) is 12.8. The highest BCUT2D eigenvalue weighted by Crippen LogP contribution is 2.25. The average Bonchev–Trinajstić information content (AvgIpc) is 2.85. The smallest absolute Gasteiger partial charge is 0.182 e. The summed E-state index contributed by atoms with van der Waals surface area (Å²) in [7, 11) is 3.42. The summed E-state index contributed by atoms with van der Waals surface area (Å²) >= 11 is 1.41. The molecular formula is C12H14N2O2S. The van der Waals surface area contributed by atoms with Crippen LogP contribution >= 0.6 is 11.3 Å². The van der Waals surface area contributed by atoms with Gasteiger partial charge < -0.3 is 4.74 Å². The molecule has 0 spiro atoms. The van der Waals surface area contributed by atoms with E-state index in [1.165, 1.54) is 11.3 Å². The van der Waals surface area contributed by atoms with Gasteiger partial charge in [-0.2, -0.15) is 5.10 Å². The molecule has 2 heterocycles. The summed E-state index contributed by atoms with van der Waals surface area (Å²) < 4.78 is 6.89. The molecule has 2 aromatic rings. The zero-order chi connectivity index (χ0) is 12.4. The van der Waals surface area contributed by atoms with Gasteiger partial charge in [0, 0.05) is 12.7 Å². The Morgan fingerprint density at radius 1 is 1.59 bits per heavy atom. The number of aromatic nitrogens is 2. The first kappa shape index (κ1) is 11.9. The number of Topliss-reactive ketones (excluding diaryl/α,β-unsaturated/α-hetero) is 1. The van der Waals surface area contributed by atoms with Crippen molar-refractivity contribution < 1.29 is 9.53 Å². The lowest BCUT2D eigenvalue weighted by Crippen LogP contribution is -2.07. The highest BCUT2D eigenvalue weighted by atomic mass is 32.1. The number of methoxy groups -OCH3 is 1. The summed E-state index contributed by atoms with van der Waals surface area (Å²) in [6.07, 6.45) is 0.355. The maximum Gasteiger partial charge on any atom is 0.182 e. The standard InChI is InChI=1S/C12H14N2O2S/c1-8-6-9(14(2)13-8)7-10(15)12-11(16-3)4-5-17-12/h4-6H,7H2,1-3H3. The van der Waals surface area contributed by atoms with Crippen LogP contribution in [0.1, 0.15) is 21.1 Å². The van der Waals surface area contributed by atoms with Crippen molar-refractivity contribution in [3.05, 3.63) is 33.8 Å². The van der Waals surface area contributed by atoms with E-state index in [-0.39, 0.29) is 5.78 Å². The Balaban J connectivity index is 2.20. The number of ketones is 1. The summed E-state index contributed by atoms with van der Waals surface area (Å²) in [5, 5.41) is 6.09. The lowest BCUT2D eigenvalue weighted by molar-refractivity contribution is 0.0992. The minimum Gasteiger partial charge on any atom is -0.495 e. The van der Waals surface area contributed by atoms with Gasteiger partial charge in [-0.1, -0.05) is 0 Å². The van der Waals surface area contributed by atoms with Gasteiger partial charge in [0.25, 0.3) is 0 Å². The van der Waals surface area contributed by atoms with E-state index in [0.717, 1.165) is 11.4 Å². The van der Waals surface area contributed by atoms with Crippen molar-refractivity contribution in [3.8, 4) is 5.75 Å². The zero-order valence-corrected chi connectivity index (χ0v) is 10.9. The van der Waals surface area contributed by atoms with Gasteiger partial charge in [0.15, 0.2) is 5.78 Å². The molecule has 2 rings (SSSR count). The van der Waals surface area contributed by atoms with Crippen molar-refractivity contribution in [2.75, 3.05) is 7.11 Å². The van der Waals surface area contributed by atoms with Gasteiger partial charge in [-0.25, -0.2) is 0 Å². The number of hydrogen-bond donors (Lipinski definition) is 0. The Morgan fingerprint density at radius 3 is 2.94 bits per heavy atom. The van der Waals surface area contributed by atoms with Gasteiger partial charge in [0.1, 0.15) is 10.6 Å². The van der Waals surface area contributed by atoms with Crippen LogP contribution < -0.4 is 4.74 Å². The van der Waals surface area contributed by atoms with Gasteiger partial charge in [-0.15, -0.1) is 11.3 Å². The Morgan fingerprint density at radius 2 is 2.35 bits per heavy atom. The number of hydrogen-bond acceptors (Lipinski definition) is 4. The van der Waals surface area contributed by atoms with Crippen LogP contribution in [0.25, 0.3) is 0 Å². The normalized spacial score (nSPS) is 10.5. The van der Waals surface area contributed by atoms with Crippen LogP contribution in [-0.2, 0) is 13.5 Å². The number of thiophene rings is 1. The fraction of sp³-hybridized carbons (Fsp3) is 0.333. The van der Waals surface area contributed by atoms with E-state index in [9.17, 15) is 4.79 Å². The third-order valence-corrected chi connectivity index (χ3v) is 3.48. The third-order valence-electron chi connectivity index (χ3n) is 2.54. The molecular weight excluding hydrogens is 236 g/mol. The second-order valence-electron chi connectivity index (χ2n) is 3.82. The Hall–Kier alpha value is -1.62. The molecule has 2 aromatic heterocycles. The molecule has 0 radical (unpaired) electrons. The second kappa shape index (κ2) is 4.71. The van der Waals surface area contributed by atoms with E-state index >= 15 is 0 Å². The molecule has 17 heavy (non-hydrogen) atoms. The molecule has 0 saturated heterocycles. The molecule has 0 aliphatic rings. The first-order valence-electron chi connectivity index (χ1n) is 5.26. The Labute approximate surface area is 104 Å². The first-order valence-corrected chi connectivity index (χ1v) is 6.14. The van der Waals surface area contributed by atoms with E-state index in [1.54, 1.807) is 11.8 Å². The van der Waals surface area contributed by atoms with Crippen molar-refractivity contribution in [2.45, 2.75) is 13.3 Å². The maximum atomic E-state index is 12.1. The number of carbonyl (C=O) groups is 1. The molecule has 0 aliphatic heterocycles. The number of aryl methyl sites for hydroxylation is 2. The second-order valence-corrected chi connectivity index (χ2v) is 4.73. The fourth-order valence-corrected chi connectivity index (χ4v) is 2.53. The van der Waals surface area contributed by atoms with E-state index in [4.69, 9.17) is 4.74 Å². The van der Waals surface area contributed by atoms with Crippen LogP contribution in [0.4, 0.5) is 0 Å². The number of ether oxygens (including phenoxy) is 1. The highest BCUT2D eigenvalue weighted by molar-refractivity contribution is 7.12. The first-order chi connectivity index (χ1) is 8.11. The average molecular weight is 250 g/mol. The largest absolute Gasteiger partial charge is 0.495 e. The van der Waals surface area contributed by atoms with E-state index < -0.39 is 0 Å². The van der Waals surface area contributed by atoms with E-state index in [2.05, 4.69) is 5.10 Å². The van der Waals surface area contributed by atoms with Crippen LogP contribution in [0, 0.1) is 6.92 Å². The van der Waals surface area contributed by atoms with Crippen LogP contribution in [0.3, 0.4) is 0 Å². The zero-order valence-electron chi connectivity index (χ0n) is 10.1. The molecule has 0 bridgehead atoms. The SMILES string of the molecule is COc1ccsc1C(=O)Cc1cc(C)nn1C. The van der Waals surface area contributed by atoms with Crippen molar-refractivity contribution in [1.29, 1.82) is 0 Å². The molecule has 0 fully saturated rings. The van der Waals surface area contributed by atoms with Crippen molar-refractivity contribution in [3.63, 3.8) is 0 Å². The molecule has 0 atom stereocenters. The topological polar surface area (TPSA) is 44.1 Å². The van der Waals surface area contributed by atoms with Gasteiger partial charge in [-0.3, -0.25) is 9.48 Å². The molecule has 0 unspecified atom stereocenters. The van der Waals surface area contributed by atoms with Gasteiger partial charge in [-0.05, 0) is 24.4 Å². The van der Waals surface area contributed by atoms with Gasteiger partial charge in [0.2, 0.25) is 0 Å². The maximum absolute atomic E-state index is 12.1. The van der Waals surface area contributed by atoms with Crippen molar-refractivity contribution in [1.82, 2.24) is 9.78 Å². The molecule has 0 N–H and O–H groups in total. The molecule has 90 valence electrons. The van der Waals surface area contributed by atoms with Gasteiger partial charge >= 0.3 is 0 Å². The molecule has 5 heteroatoms. The molecule has 0 saturated carbocycles. The van der Waals surface area contributed by atoms with E-state index in [0.29, 0.717) is 17.0 Å². The lowest BCUT2D eigenvalue weighted by Gasteiger charge is -2.02. The summed E-state index contributed by atoms with van der Waals surface area (Å²) in [6.45, 7) is 1.92. The Kier molecular flexibility index (Phi) is 3.28. The Bertz CT molecular complexity index is 542. The number of rotatable bonds is 4. The lowest BCUT2D eigenvalue weighted by atomic mass is 10.2. The summed E-state index contributed by atoms with van der Waals surface area (Å²) in [6, 6.07) is 3.74. The predicted octanol–water partition coefficient (Wildman–Crippen LogP) is 2.22. The molecule has 0 aliphatic carbocycles.